The Morgan fingerprint density at radius 3 is 2.78 bits per heavy atom. The van der Waals surface area contributed by atoms with Crippen molar-refractivity contribution in [2.45, 2.75) is 12.0 Å². The van der Waals surface area contributed by atoms with Gasteiger partial charge in [0.1, 0.15) is 17.4 Å². The lowest BCUT2D eigenvalue weighted by atomic mass is 9.92. The number of nitriles is 1. The fraction of sp³-hybridized carbons (Fsp3) is 0.333. The largest absolute Gasteiger partial charge is 0.484 e. The molecule has 0 radical (unpaired) electrons. The molecule has 0 aliphatic carbocycles. The molecule has 1 heterocycles. The van der Waals surface area contributed by atoms with Crippen LogP contribution in [0.15, 0.2) is 18.2 Å². The summed E-state index contributed by atoms with van der Waals surface area (Å²) in [4.78, 5) is 10.8. The maximum atomic E-state index is 10.8. The molecule has 0 amide bonds. The molecule has 1 aliphatic heterocycles. The van der Waals surface area contributed by atoms with Crippen LogP contribution in [0.2, 0.25) is 5.02 Å². The van der Waals surface area contributed by atoms with Crippen molar-refractivity contribution in [3.05, 3.63) is 28.8 Å². The maximum Gasteiger partial charge on any atom is 0.307 e. The van der Waals surface area contributed by atoms with E-state index in [1.54, 1.807) is 12.1 Å². The van der Waals surface area contributed by atoms with Crippen LogP contribution in [0.3, 0.4) is 0 Å². The molecule has 5 nitrogen and oxygen atoms in total. The zero-order valence-corrected chi connectivity index (χ0v) is 10.2. The molecule has 1 saturated heterocycles. The third-order valence-electron chi connectivity index (χ3n) is 2.76. The van der Waals surface area contributed by atoms with Crippen molar-refractivity contribution < 1.29 is 14.6 Å². The first kappa shape index (κ1) is 12.7. The molecule has 1 aromatic rings. The maximum absolute atomic E-state index is 10.8. The molecule has 0 unspecified atom stereocenters. The number of hydrogen-bond acceptors (Lipinski definition) is 4. The zero-order valence-electron chi connectivity index (χ0n) is 9.44. The molecule has 6 heteroatoms. The molecule has 0 bridgehead atoms. The quantitative estimate of drug-likeness (QED) is 0.861. The molecule has 0 atom stereocenters. The lowest BCUT2D eigenvalue weighted by molar-refractivity contribution is -0.143. The summed E-state index contributed by atoms with van der Waals surface area (Å²) in [5, 5.41) is 20.9. The van der Waals surface area contributed by atoms with Crippen LogP contribution in [0.1, 0.15) is 12.0 Å². The SMILES string of the molecule is N#Cc1ccc(OC2(CC(=O)O)CNC2)cc1Cl. The number of halogens is 1. The average molecular weight is 267 g/mol. The topological polar surface area (TPSA) is 82.3 Å². The summed E-state index contributed by atoms with van der Waals surface area (Å²) in [6.07, 6.45) is -0.0718. The Balaban J connectivity index is 2.15. The Morgan fingerprint density at radius 1 is 1.61 bits per heavy atom. The van der Waals surface area contributed by atoms with E-state index in [4.69, 9.17) is 26.7 Å². The highest BCUT2D eigenvalue weighted by atomic mass is 35.5. The Labute approximate surface area is 109 Å². The molecule has 2 rings (SSSR count). The van der Waals surface area contributed by atoms with Crippen LogP contribution in [-0.2, 0) is 4.79 Å². The van der Waals surface area contributed by atoms with Gasteiger partial charge in [-0.25, -0.2) is 0 Å². The van der Waals surface area contributed by atoms with Gasteiger partial charge in [-0.15, -0.1) is 0 Å². The predicted octanol–water partition coefficient (Wildman–Crippen LogP) is 1.41. The van der Waals surface area contributed by atoms with Crippen LogP contribution in [0.25, 0.3) is 0 Å². The summed E-state index contributed by atoms with van der Waals surface area (Å²) >= 11 is 5.89. The smallest absolute Gasteiger partial charge is 0.307 e. The van der Waals surface area contributed by atoms with E-state index in [0.717, 1.165) is 0 Å². The number of nitrogens with one attached hydrogen (secondary N) is 1. The zero-order chi connectivity index (χ0) is 13.2. The fourth-order valence-electron chi connectivity index (χ4n) is 1.81. The summed E-state index contributed by atoms with van der Waals surface area (Å²) in [6, 6.07) is 6.65. The van der Waals surface area contributed by atoms with Gasteiger partial charge in [-0.1, -0.05) is 11.6 Å². The molecule has 1 aromatic carbocycles. The molecule has 18 heavy (non-hydrogen) atoms. The minimum Gasteiger partial charge on any atom is -0.484 e. The number of carboxylic acid groups (broad SMARTS) is 1. The van der Waals surface area contributed by atoms with Gasteiger partial charge in [0.2, 0.25) is 0 Å². The fourth-order valence-corrected chi connectivity index (χ4v) is 2.03. The first-order valence-electron chi connectivity index (χ1n) is 5.36. The van der Waals surface area contributed by atoms with Crippen molar-refractivity contribution in [2.75, 3.05) is 13.1 Å². The second-order valence-corrected chi connectivity index (χ2v) is 4.62. The molecule has 0 spiro atoms. The van der Waals surface area contributed by atoms with Gasteiger partial charge in [0.25, 0.3) is 0 Å². The van der Waals surface area contributed by atoms with E-state index in [9.17, 15) is 4.79 Å². The second-order valence-electron chi connectivity index (χ2n) is 4.21. The van der Waals surface area contributed by atoms with Crippen molar-refractivity contribution in [1.82, 2.24) is 5.32 Å². The van der Waals surface area contributed by atoms with Gasteiger partial charge in [0.15, 0.2) is 0 Å². The Hall–Kier alpha value is -1.77. The highest BCUT2D eigenvalue weighted by molar-refractivity contribution is 6.31. The summed E-state index contributed by atoms with van der Waals surface area (Å²) in [6.45, 7) is 0.966. The minimum absolute atomic E-state index is 0.0718. The van der Waals surface area contributed by atoms with E-state index >= 15 is 0 Å². The number of nitrogens with zero attached hydrogens (tertiary/aromatic N) is 1. The monoisotopic (exact) mass is 266 g/mol. The van der Waals surface area contributed by atoms with Crippen molar-refractivity contribution in [3.63, 3.8) is 0 Å². The lowest BCUT2D eigenvalue weighted by Crippen LogP contribution is -2.64. The Morgan fingerprint density at radius 2 is 2.33 bits per heavy atom. The van der Waals surface area contributed by atoms with Crippen LogP contribution in [-0.4, -0.2) is 29.8 Å². The van der Waals surface area contributed by atoms with E-state index in [1.165, 1.54) is 6.07 Å². The highest BCUT2D eigenvalue weighted by Gasteiger charge is 2.41. The molecule has 1 fully saturated rings. The van der Waals surface area contributed by atoms with E-state index in [2.05, 4.69) is 5.32 Å². The Kier molecular flexibility index (Phi) is 3.41. The van der Waals surface area contributed by atoms with Crippen LogP contribution in [0.5, 0.6) is 5.75 Å². The van der Waals surface area contributed by atoms with Crippen LogP contribution >= 0.6 is 11.6 Å². The standard InChI is InChI=1S/C12H11ClN2O3/c13-10-3-9(2-1-8(10)5-14)18-12(4-11(16)17)6-15-7-12/h1-3,15H,4,6-7H2,(H,16,17). The van der Waals surface area contributed by atoms with Crippen LogP contribution < -0.4 is 10.1 Å². The van der Waals surface area contributed by atoms with Gasteiger partial charge < -0.3 is 15.2 Å². The van der Waals surface area contributed by atoms with Gasteiger partial charge in [-0.3, -0.25) is 4.79 Å². The summed E-state index contributed by atoms with van der Waals surface area (Å²) in [5.41, 5.74) is -0.355. The van der Waals surface area contributed by atoms with Crippen LogP contribution in [0, 0.1) is 11.3 Å². The summed E-state index contributed by atoms with van der Waals surface area (Å²) in [5.74, 6) is -0.432. The van der Waals surface area contributed by atoms with E-state index in [0.29, 0.717) is 29.4 Å². The second kappa shape index (κ2) is 4.84. The van der Waals surface area contributed by atoms with Gasteiger partial charge in [0, 0.05) is 19.2 Å². The van der Waals surface area contributed by atoms with Gasteiger partial charge in [-0.05, 0) is 12.1 Å². The lowest BCUT2D eigenvalue weighted by Gasteiger charge is -2.41. The van der Waals surface area contributed by atoms with Crippen molar-refractivity contribution in [2.24, 2.45) is 0 Å². The third-order valence-corrected chi connectivity index (χ3v) is 3.08. The number of carboxylic acids is 1. The normalized spacial score (nSPS) is 16.4. The number of rotatable bonds is 4. The van der Waals surface area contributed by atoms with Gasteiger partial charge in [-0.2, -0.15) is 5.26 Å². The number of ether oxygens (including phenoxy) is 1. The molecule has 0 saturated carbocycles. The molecule has 94 valence electrons. The van der Waals surface area contributed by atoms with Crippen molar-refractivity contribution in [3.8, 4) is 11.8 Å². The first-order chi connectivity index (χ1) is 8.54. The number of hydrogen-bond donors (Lipinski definition) is 2. The number of benzene rings is 1. The molecule has 0 aromatic heterocycles. The van der Waals surface area contributed by atoms with Crippen LogP contribution in [0.4, 0.5) is 0 Å². The van der Waals surface area contributed by atoms with E-state index < -0.39 is 11.6 Å². The average Bonchev–Trinajstić information content (AvgIpc) is 2.25. The van der Waals surface area contributed by atoms with Crippen molar-refractivity contribution in [1.29, 1.82) is 5.26 Å². The molecule has 2 N–H and O–H groups in total. The van der Waals surface area contributed by atoms with Gasteiger partial charge in [0.05, 0.1) is 17.0 Å². The number of carbonyl (C=O) groups is 1. The summed E-state index contributed by atoms with van der Waals surface area (Å²) in [7, 11) is 0. The summed E-state index contributed by atoms with van der Waals surface area (Å²) < 4.78 is 5.69. The minimum atomic E-state index is -0.906. The Bertz CT molecular complexity index is 521. The van der Waals surface area contributed by atoms with E-state index in [-0.39, 0.29) is 6.42 Å². The van der Waals surface area contributed by atoms with Gasteiger partial charge >= 0.3 is 5.97 Å². The molecule has 1 aliphatic rings. The van der Waals surface area contributed by atoms with Crippen molar-refractivity contribution >= 4 is 17.6 Å². The van der Waals surface area contributed by atoms with E-state index in [1.807, 2.05) is 6.07 Å². The number of aliphatic carboxylic acids is 1. The third kappa shape index (κ3) is 2.55. The molecular weight excluding hydrogens is 256 g/mol. The predicted molar refractivity (Wildman–Crippen MR) is 64.6 cm³/mol. The molecular formula is C12H11ClN2O3. The highest BCUT2D eigenvalue weighted by Crippen LogP contribution is 2.28. The first-order valence-corrected chi connectivity index (χ1v) is 5.74.